The molecule has 0 radical (unpaired) electrons. The summed E-state index contributed by atoms with van der Waals surface area (Å²) in [7, 11) is 0. The molecule has 0 spiro atoms. The van der Waals surface area contributed by atoms with Gasteiger partial charge < -0.3 is 5.32 Å². The summed E-state index contributed by atoms with van der Waals surface area (Å²) in [5, 5.41) is 20.9. The summed E-state index contributed by atoms with van der Waals surface area (Å²) in [6, 6.07) is 19.1. The van der Waals surface area contributed by atoms with Gasteiger partial charge in [0.15, 0.2) is 5.16 Å². The Bertz CT molecular complexity index is 1030. The molecular formula is C18H14N6OS2. The van der Waals surface area contributed by atoms with Crippen molar-refractivity contribution in [3.63, 3.8) is 0 Å². The number of carbonyl (C=O) groups is 1. The van der Waals surface area contributed by atoms with Gasteiger partial charge in [-0.05, 0) is 24.3 Å². The number of thioether (sulfide) groups is 1. The van der Waals surface area contributed by atoms with E-state index >= 15 is 0 Å². The van der Waals surface area contributed by atoms with E-state index in [1.54, 1.807) is 6.33 Å². The third-order valence-electron chi connectivity index (χ3n) is 3.57. The van der Waals surface area contributed by atoms with Crippen molar-refractivity contribution >= 4 is 34.7 Å². The molecule has 0 saturated carbocycles. The Morgan fingerprint density at radius 2 is 1.74 bits per heavy atom. The maximum atomic E-state index is 12.3. The Morgan fingerprint density at radius 1 is 1.00 bits per heavy atom. The van der Waals surface area contributed by atoms with Gasteiger partial charge in [-0.15, -0.1) is 20.4 Å². The summed E-state index contributed by atoms with van der Waals surface area (Å²) in [6.45, 7) is 0. The molecule has 0 bridgehead atoms. The van der Waals surface area contributed by atoms with Gasteiger partial charge >= 0.3 is 0 Å². The average Bonchev–Trinajstić information content (AvgIpc) is 3.37. The molecule has 0 unspecified atom stereocenters. The molecule has 2 heterocycles. The molecule has 7 nitrogen and oxygen atoms in total. The fourth-order valence-electron chi connectivity index (χ4n) is 2.32. The first-order valence-electron chi connectivity index (χ1n) is 8.06. The number of carbonyl (C=O) groups excluding carboxylic acids is 1. The van der Waals surface area contributed by atoms with Crippen molar-refractivity contribution in [2.45, 2.75) is 10.9 Å². The van der Waals surface area contributed by atoms with Crippen LogP contribution < -0.4 is 5.32 Å². The SMILES string of the molecule is O=C(Nc1ccccc1)c1nnc(CSc2nncn2-c2ccccc2)s1. The zero-order valence-electron chi connectivity index (χ0n) is 14.0. The van der Waals surface area contributed by atoms with Crippen LogP contribution in [0.25, 0.3) is 5.69 Å². The van der Waals surface area contributed by atoms with Gasteiger partial charge in [0.05, 0.1) is 5.75 Å². The normalized spacial score (nSPS) is 10.7. The molecule has 0 atom stereocenters. The number of rotatable bonds is 6. The molecule has 2 aromatic carbocycles. The number of para-hydroxylation sites is 2. The van der Waals surface area contributed by atoms with E-state index in [9.17, 15) is 4.79 Å². The van der Waals surface area contributed by atoms with Gasteiger partial charge in [0, 0.05) is 11.4 Å². The lowest BCUT2D eigenvalue weighted by atomic mass is 10.3. The summed E-state index contributed by atoms with van der Waals surface area (Å²) in [4.78, 5) is 12.3. The van der Waals surface area contributed by atoms with E-state index < -0.39 is 0 Å². The minimum absolute atomic E-state index is 0.262. The van der Waals surface area contributed by atoms with Gasteiger partial charge in [-0.2, -0.15) is 0 Å². The van der Waals surface area contributed by atoms with E-state index in [0.717, 1.165) is 21.5 Å². The molecule has 0 saturated heterocycles. The molecule has 4 aromatic rings. The fourth-order valence-corrected chi connectivity index (χ4v) is 3.97. The van der Waals surface area contributed by atoms with Gasteiger partial charge in [-0.3, -0.25) is 9.36 Å². The van der Waals surface area contributed by atoms with Crippen molar-refractivity contribution in [2.75, 3.05) is 5.32 Å². The third-order valence-corrected chi connectivity index (χ3v) is 5.63. The Balaban J connectivity index is 1.41. The van der Waals surface area contributed by atoms with E-state index in [1.165, 1.54) is 23.1 Å². The number of nitrogens with zero attached hydrogens (tertiary/aromatic N) is 5. The quantitative estimate of drug-likeness (QED) is 0.502. The first-order valence-corrected chi connectivity index (χ1v) is 9.87. The van der Waals surface area contributed by atoms with E-state index in [-0.39, 0.29) is 5.91 Å². The summed E-state index contributed by atoms with van der Waals surface area (Å²) < 4.78 is 1.91. The van der Waals surface area contributed by atoms with Crippen LogP contribution in [-0.2, 0) is 5.75 Å². The van der Waals surface area contributed by atoms with Crippen LogP contribution in [0.4, 0.5) is 5.69 Å². The Hall–Kier alpha value is -3.04. The van der Waals surface area contributed by atoms with E-state index in [4.69, 9.17) is 0 Å². The maximum absolute atomic E-state index is 12.3. The minimum Gasteiger partial charge on any atom is -0.320 e. The highest BCUT2D eigenvalue weighted by Crippen LogP contribution is 2.25. The van der Waals surface area contributed by atoms with Crippen LogP contribution in [0.5, 0.6) is 0 Å². The lowest BCUT2D eigenvalue weighted by Crippen LogP contribution is -2.11. The first-order chi connectivity index (χ1) is 13.3. The van der Waals surface area contributed by atoms with Crippen molar-refractivity contribution in [3.8, 4) is 5.69 Å². The molecule has 4 rings (SSSR count). The van der Waals surface area contributed by atoms with Crippen molar-refractivity contribution in [2.24, 2.45) is 0 Å². The number of anilines is 1. The van der Waals surface area contributed by atoms with Crippen LogP contribution in [0.15, 0.2) is 72.1 Å². The van der Waals surface area contributed by atoms with Crippen molar-refractivity contribution in [1.29, 1.82) is 0 Å². The van der Waals surface area contributed by atoms with Gasteiger partial charge in [0.25, 0.3) is 5.91 Å². The second-order valence-corrected chi connectivity index (χ2v) is 7.43. The maximum Gasteiger partial charge on any atom is 0.286 e. The second-order valence-electron chi connectivity index (χ2n) is 5.43. The van der Waals surface area contributed by atoms with Crippen LogP contribution >= 0.6 is 23.1 Å². The summed E-state index contributed by atoms with van der Waals surface area (Å²) in [6.07, 6.45) is 1.68. The topological polar surface area (TPSA) is 85.6 Å². The summed E-state index contributed by atoms with van der Waals surface area (Å²) in [5.74, 6) is 0.296. The largest absolute Gasteiger partial charge is 0.320 e. The monoisotopic (exact) mass is 394 g/mol. The lowest BCUT2D eigenvalue weighted by molar-refractivity contribution is 0.102. The number of nitrogens with one attached hydrogen (secondary N) is 1. The molecule has 1 amide bonds. The highest BCUT2D eigenvalue weighted by molar-refractivity contribution is 7.98. The Labute approximate surface area is 163 Å². The standard InChI is InChI=1S/C18H14N6OS2/c25-16(20-13-7-3-1-4-8-13)17-22-21-15(27-17)11-26-18-23-19-12-24(18)14-9-5-2-6-10-14/h1-10,12H,11H2,(H,20,25). The van der Waals surface area contributed by atoms with Crippen LogP contribution in [0.2, 0.25) is 0 Å². The lowest BCUT2D eigenvalue weighted by Gasteiger charge is -2.04. The van der Waals surface area contributed by atoms with Gasteiger partial charge in [0.1, 0.15) is 11.3 Å². The van der Waals surface area contributed by atoms with Crippen molar-refractivity contribution in [3.05, 3.63) is 77.0 Å². The molecule has 9 heteroatoms. The zero-order valence-corrected chi connectivity index (χ0v) is 15.7. The molecule has 0 aliphatic carbocycles. The van der Waals surface area contributed by atoms with Crippen LogP contribution in [0.1, 0.15) is 14.8 Å². The summed E-state index contributed by atoms with van der Waals surface area (Å²) in [5.41, 5.74) is 1.72. The molecular weight excluding hydrogens is 380 g/mol. The highest BCUT2D eigenvalue weighted by atomic mass is 32.2. The van der Waals surface area contributed by atoms with Gasteiger partial charge in [-0.25, -0.2) is 0 Å². The van der Waals surface area contributed by atoms with Gasteiger partial charge in [0.2, 0.25) is 5.01 Å². The molecule has 2 aromatic heterocycles. The number of aromatic nitrogens is 5. The van der Waals surface area contributed by atoms with E-state index in [0.29, 0.717) is 10.8 Å². The van der Waals surface area contributed by atoms with Crippen LogP contribution in [0.3, 0.4) is 0 Å². The average molecular weight is 394 g/mol. The van der Waals surface area contributed by atoms with Gasteiger partial charge in [-0.1, -0.05) is 59.5 Å². The Kier molecular flexibility index (Phi) is 5.22. The van der Waals surface area contributed by atoms with Crippen LogP contribution in [-0.4, -0.2) is 30.9 Å². The molecule has 0 aliphatic rings. The summed E-state index contributed by atoms with van der Waals surface area (Å²) >= 11 is 2.77. The Morgan fingerprint density at radius 3 is 2.52 bits per heavy atom. The predicted octanol–water partition coefficient (Wildman–Crippen LogP) is 3.66. The first kappa shape index (κ1) is 17.4. The number of amides is 1. The number of benzene rings is 2. The number of hydrogen-bond donors (Lipinski definition) is 1. The highest BCUT2D eigenvalue weighted by Gasteiger charge is 2.14. The molecule has 1 N–H and O–H groups in total. The predicted molar refractivity (Wildman–Crippen MR) is 105 cm³/mol. The fraction of sp³-hybridized carbons (Fsp3) is 0.0556. The minimum atomic E-state index is -0.262. The molecule has 0 aliphatic heterocycles. The van der Waals surface area contributed by atoms with E-state index in [2.05, 4.69) is 25.7 Å². The van der Waals surface area contributed by atoms with Crippen molar-refractivity contribution in [1.82, 2.24) is 25.0 Å². The van der Waals surface area contributed by atoms with Crippen molar-refractivity contribution < 1.29 is 4.79 Å². The van der Waals surface area contributed by atoms with E-state index in [1.807, 2.05) is 65.2 Å². The third kappa shape index (κ3) is 4.21. The molecule has 0 fully saturated rings. The molecule has 134 valence electrons. The zero-order chi connectivity index (χ0) is 18.5. The second kappa shape index (κ2) is 8.11. The molecule has 27 heavy (non-hydrogen) atoms. The number of hydrogen-bond acceptors (Lipinski definition) is 7. The van der Waals surface area contributed by atoms with Crippen LogP contribution in [0, 0.1) is 0 Å². The smallest absolute Gasteiger partial charge is 0.286 e.